The minimum atomic E-state index is -4.50. The average Bonchev–Trinajstić information content (AvgIpc) is 3.16. The molecule has 1 atom stereocenters. The topological polar surface area (TPSA) is 102 Å². The van der Waals surface area contributed by atoms with Crippen molar-refractivity contribution < 1.29 is 23.6 Å². The number of thiophene rings is 2. The number of aryl methyl sites for hydroxylation is 2. The second-order valence-corrected chi connectivity index (χ2v) is 9.50. The highest BCUT2D eigenvalue weighted by Gasteiger charge is 2.24. The van der Waals surface area contributed by atoms with Crippen LogP contribution < -0.4 is 10.5 Å². The highest BCUT2D eigenvalue weighted by molar-refractivity contribution is 7.46. The third-order valence-corrected chi connectivity index (χ3v) is 5.85. The zero-order valence-electron chi connectivity index (χ0n) is 14.6. The van der Waals surface area contributed by atoms with Crippen molar-refractivity contribution >= 4 is 30.5 Å². The molecule has 0 saturated carbocycles. The van der Waals surface area contributed by atoms with Gasteiger partial charge >= 0.3 is 7.82 Å². The number of rotatable bonds is 8. The maximum atomic E-state index is 10.8. The molecule has 0 radical (unpaired) electrons. The second kappa shape index (κ2) is 9.16. The molecule has 2 aromatic heterocycles. The molecule has 0 aliphatic heterocycles. The largest absolute Gasteiger partial charge is 0.471 e. The van der Waals surface area contributed by atoms with Crippen molar-refractivity contribution in [3.63, 3.8) is 0 Å². The molecule has 0 bridgehead atoms. The van der Waals surface area contributed by atoms with Gasteiger partial charge in [0.05, 0.1) is 11.5 Å². The fourth-order valence-electron chi connectivity index (χ4n) is 2.00. The van der Waals surface area contributed by atoms with Crippen LogP contribution in [-0.4, -0.2) is 28.5 Å². The fraction of sp³-hybridized carbons (Fsp3) is 0.412. The normalized spacial score (nSPS) is 13.7. The first-order chi connectivity index (χ1) is 12.1. The van der Waals surface area contributed by atoms with Crippen LogP contribution in [-0.2, 0) is 15.5 Å². The average molecular weight is 415 g/mol. The number of phosphoric acid groups is 1. The maximum absolute atomic E-state index is 10.8. The van der Waals surface area contributed by atoms with E-state index in [4.69, 9.17) is 20.3 Å². The molecule has 1 unspecified atom stereocenters. The highest BCUT2D eigenvalue weighted by atomic mass is 32.1. The molecule has 0 aliphatic rings. The first kappa shape index (κ1) is 21.1. The molecule has 0 aromatic carbocycles. The Morgan fingerprint density at radius 1 is 1.38 bits per heavy atom. The van der Waals surface area contributed by atoms with E-state index < -0.39 is 13.4 Å². The summed E-state index contributed by atoms with van der Waals surface area (Å²) in [7, 11) is -4.50. The van der Waals surface area contributed by atoms with Crippen molar-refractivity contribution in [2.24, 2.45) is 5.73 Å². The van der Waals surface area contributed by atoms with Gasteiger partial charge in [0.25, 0.3) is 0 Å². The minimum Gasteiger partial charge on any atom is -0.471 e. The Morgan fingerprint density at radius 2 is 2.15 bits per heavy atom. The van der Waals surface area contributed by atoms with Crippen molar-refractivity contribution in [1.29, 1.82) is 0 Å². The van der Waals surface area contributed by atoms with Crippen molar-refractivity contribution in [2.75, 3.05) is 13.2 Å². The van der Waals surface area contributed by atoms with Gasteiger partial charge in [-0.2, -0.15) is 0 Å². The van der Waals surface area contributed by atoms with Crippen LogP contribution in [0.25, 0.3) is 0 Å². The molecule has 2 heterocycles. The molecular formula is C17H22NO5PS2. The van der Waals surface area contributed by atoms with E-state index in [2.05, 4.69) is 16.4 Å². The van der Waals surface area contributed by atoms with Crippen LogP contribution in [0.5, 0.6) is 5.06 Å². The Labute approximate surface area is 161 Å². The first-order valence-corrected chi connectivity index (χ1v) is 11.1. The molecular weight excluding hydrogens is 393 g/mol. The monoisotopic (exact) mass is 415 g/mol. The van der Waals surface area contributed by atoms with E-state index in [1.54, 1.807) is 29.6 Å². The molecule has 0 fully saturated rings. The van der Waals surface area contributed by atoms with Gasteiger partial charge in [-0.15, -0.1) is 22.7 Å². The van der Waals surface area contributed by atoms with Gasteiger partial charge in [-0.3, -0.25) is 4.52 Å². The molecule has 2 rings (SSSR count). The summed E-state index contributed by atoms with van der Waals surface area (Å²) in [6.07, 6.45) is 1.23. The van der Waals surface area contributed by atoms with Crippen LogP contribution in [0.2, 0.25) is 0 Å². The van der Waals surface area contributed by atoms with Crippen molar-refractivity contribution in [1.82, 2.24) is 0 Å². The van der Waals surface area contributed by atoms with Crippen LogP contribution >= 0.6 is 30.5 Å². The van der Waals surface area contributed by atoms with E-state index >= 15 is 0 Å². The summed E-state index contributed by atoms with van der Waals surface area (Å²) in [4.78, 5) is 19.6. The van der Waals surface area contributed by atoms with E-state index in [0.717, 1.165) is 14.8 Å². The summed E-state index contributed by atoms with van der Waals surface area (Å²) in [5.74, 6) is 6.07. The second-order valence-electron chi connectivity index (χ2n) is 6.22. The van der Waals surface area contributed by atoms with Crippen molar-refractivity contribution in [3.8, 4) is 16.9 Å². The van der Waals surface area contributed by atoms with Crippen LogP contribution in [0, 0.1) is 18.8 Å². The number of phosphoric ester groups is 1. The van der Waals surface area contributed by atoms with E-state index in [9.17, 15) is 4.57 Å². The Balaban J connectivity index is 1.78. The van der Waals surface area contributed by atoms with Gasteiger partial charge in [0, 0.05) is 10.4 Å². The van der Waals surface area contributed by atoms with E-state index in [0.29, 0.717) is 19.4 Å². The standard InChI is InChI=1S/C17H22NO5PS2/c1-13-10-16(25-11-13)22-9-3-4-14-5-6-15(26-14)7-8-17(2,18)12-23-24(19,20)21/h5-6,10-11H,7-9,12,18H2,1-2H3,(H2,19,20,21). The zero-order valence-corrected chi connectivity index (χ0v) is 17.1. The summed E-state index contributed by atoms with van der Waals surface area (Å²) < 4.78 is 20.8. The van der Waals surface area contributed by atoms with Gasteiger partial charge in [0.15, 0.2) is 5.06 Å². The lowest BCUT2D eigenvalue weighted by molar-refractivity contribution is 0.154. The van der Waals surface area contributed by atoms with Gasteiger partial charge in [0.2, 0.25) is 0 Å². The molecule has 0 aliphatic carbocycles. The smallest absolute Gasteiger partial charge is 0.469 e. The SMILES string of the molecule is Cc1csc(OCC#Cc2ccc(CCC(C)(N)COP(=O)(O)O)s2)c1. The lowest BCUT2D eigenvalue weighted by Gasteiger charge is -2.24. The molecule has 0 spiro atoms. The Kier molecular flexibility index (Phi) is 7.44. The Bertz CT molecular complexity index is 828. The number of ether oxygens (including phenoxy) is 1. The van der Waals surface area contributed by atoms with Gasteiger partial charge in [0.1, 0.15) is 6.61 Å². The predicted octanol–water partition coefficient (Wildman–Crippen LogP) is 3.31. The number of nitrogens with two attached hydrogens (primary N) is 1. The van der Waals surface area contributed by atoms with Crippen LogP contribution in [0.1, 0.15) is 28.7 Å². The number of hydrogen-bond donors (Lipinski definition) is 3. The van der Waals surface area contributed by atoms with Gasteiger partial charge < -0.3 is 20.3 Å². The third kappa shape index (κ3) is 8.02. The Hall–Kier alpha value is -1.17. The molecule has 9 heteroatoms. The quantitative estimate of drug-likeness (QED) is 0.452. The summed E-state index contributed by atoms with van der Waals surface area (Å²) in [6.45, 7) is 3.87. The molecule has 4 N–H and O–H groups in total. The molecule has 6 nitrogen and oxygen atoms in total. The van der Waals surface area contributed by atoms with Gasteiger partial charge in [-0.1, -0.05) is 11.8 Å². The Morgan fingerprint density at radius 3 is 2.81 bits per heavy atom. The molecule has 142 valence electrons. The maximum Gasteiger partial charge on any atom is 0.469 e. The fourth-order valence-corrected chi connectivity index (χ4v) is 4.10. The van der Waals surface area contributed by atoms with Crippen LogP contribution in [0.4, 0.5) is 0 Å². The highest BCUT2D eigenvalue weighted by Crippen LogP contribution is 2.37. The molecule has 0 amide bonds. The predicted molar refractivity (Wildman–Crippen MR) is 105 cm³/mol. The molecule has 26 heavy (non-hydrogen) atoms. The molecule has 2 aromatic rings. The first-order valence-electron chi connectivity index (χ1n) is 7.87. The van der Waals surface area contributed by atoms with Crippen molar-refractivity contribution in [2.45, 2.75) is 32.2 Å². The summed E-state index contributed by atoms with van der Waals surface area (Å²) in [5, 5.41) is 2.90. The zero-order chi connectivity index (χ0) is 19.2. The summed E-state index contributed by atoms with van der Waals surface area (Å²) in [5.41, 5.74) is 6.39. The molecule has 0 saturated heterocycles. The lowest BCUT2D eigenvalue weighted by Crippen LogP contribution is -2.41. The van der Waals surface area contributed by atoms with Gasteiger partial charge in [-0.25, -0.2) is 4.57 Å². The minimum absolute atomic E-state index is 0.200. The third-order valence-electron chi connectivity index (χ3n) is 3.37. The number of hydrogen-bond acceptors (Lipinski definition) is 6. The van der Waals surface area contributed by atoms with E-state index in [1.165, 1.54) is 5.56 Å². The lowest BCUT2D eigenvalue weighted by atomic mass is 9.98. The van der Waals surface area contributed by atoms with Crippen molar-refractivity contribution in [3.05, 3.63) is 38.9 Å². The van der Waals surface area contributed by atoms with Crippen LogP contribution in [0.3, 0.4) is 0 Å². The van der Waals surface area contributed by atoms with Crippen LogP contribution in [0.15, 0.2) is 23.6 Å². The summed E-state index contributed by atoms with van der Waals surface area (Å²) in [6, 6.07) is 5.91. The van der Waals surface area contributed by atoms with E-state index in [-0.39, 0.29) is 6.61 Å². The van der Waals surface area contributed by atoms with E-state index in [1.807, 2.05) is 30.5 Å². The summed E-state index contributed by atoms with van der Waals surface area (Å²) >= 11 is 3.13. The van der Waals surface area contributed by atoms with Gasteiger partial charge in [-0.05, 0) is 55.8 Å².